The van der Waals surface area contributed by atoms with Crippen LogP contribution in [0.3, 0.4) is 0 Å². The molecule has 0 unspecified atom stereocenters. The molecule has 0 aliphatic heterocycles. The van der Waals surface area contributed by atoms with Gasteiger partial charge in [0.05, 0.1) is 11.2 Å². The zero-order chi connectivity index (χ0) is 14.2. The molecular formula is C17H18N4. The minimum Gasteiger partial charge on any atom is -0.351 e. The van der Waals surface area contributed by atoms with Crippen molar-refractivity contribution in [3.05, 3.63) is 54.0 Å². The largest absolute Gasteiger partial charge is 0.351 e. The first-order chi connectivity index (χ1) is 10.3. The predicted molar refractivity (Wildman–Crippen MR) is 84.3 cm³/mol. The number of para-hydroxylation sites is 1. The minimum atomic E-state index is 0.638. The number of imidazole rings is 1. The summed E-state index contributed by atoms with van der Waals surface area (Å²) in [4.78, 5) is 9.10. The monoisotopic (exact) mass is 278 g/mol. The van der Waals surface area contributed by atoms with Gasteiger partial charge in [0.25, 0.3) is 0 Å². The molecule has 1 aliphatic carbocycles. The number of rotatable bonds is 4. The van der Waals surface area contributed by atoms with Gasteiger partial charge in [0.1, 0.15) is 0 Å². The lowest BCUT2D eigenvalue weighted by atomic mass is 10.1. The molecule has 106 valence electrons. The topological polar surface area (TPSA) is 42.7 Å². The fourth-order valence-corrected chi connectivity index (χ4v) is 2.76. The molecule has 3 aromatic rings. The molecule has 0 saturated heterocycles. The van der Waals surface area contributed by atoms with Crippen LogP contribution in [0.5, 0.6) is 0 Å². The zero-order valence-corrected chi connectivity index (χ0v) is 12.1. The number of nitrogens with one attached hydrogen (secondary N) is 1. The molecule has 4 heteroatoms. The average Bonchev–Trinajstić information content (AvgIpc) is 3.28. The highest BCUT2D eigenvalue weighted by Gasteiger charge is 2.26. The molecule has 0 atom stereocenters. The molecule has 1 aliphatic rings. The molecule has 0 bridgehead atoms. The Kier molecular flexibility index (Phi) is 2.88. The number of aryl methyl sites for hydroxylation is 1. The Morgan fingerprint density at radius 1 is 1.24 bits per heavy atom. The van der Waals surface area contributed by atoms with Crippen molar-refractivity contribution in [2.75, 3.05) is 5.32 Å². The van der Waals surface area contributed by atoms with Crippen LogP contribution in [0.15, 0.2) is 42.7 Å². The van der Waals surface area contributed by atoms with Crippen molar-refractivity contribution in [2.45, 2.75) is 32.4 Å². The van der Waals surface area contributed by atoms with E-state index in [1.807, 2.05) is 19.2 Å². The second kappa shape index (κ2) is 4.88. The number of nitrogens with zero attached hydrogens (tertiary/aromatic N) is 3. The summed E-state index contributed by atoms with van der Waals surface area (Å²) >= 11 is 0. The maximum Gasteiger partial charge on any atom is 0.203 e. The Hall–Kier alpha value is -2.36. The van der Waals surface area contributed by atoms with Crippen LogP contribution in [-0.4, -0.2) is 14.5 Å². The molecule has 0 radical (unpaired) electrons. The van der Waals surface area contributed by atoms with Crippen molar-refractivity contribution in [2.24, 2.45) is 0 Å². The number of anilines is 1. The van der Waals surface area contributed by atoms with Crippen molar-refractivity contribution in [1.82, 2.24) is 14.5 Å². The van der Waals surface area contributed by atoms with E-state index >= 15 is 0 Å². The number of fused-ring (bicyclic) bond motifs is 1. The summed E-state index contributed by atoms with van der Waals surface area (Å²) in [7, 11) is 0. The average molecular weight is 278 g/mol. The van der Waals surface area contributed by atoms with Gasteiger partial charge in [0.15, 0.2) is 0 Å². The van der Waals surface area contributed by atoms with Gasteiger partial charge < -0.3 is 9.88 Å². The smallest absolute Gasteiger partial charge is 0.203 e. The van der Waals surface area contributed by atoms with Gasteiger partial charge in [-0.3, -0.25) is 4.98 Å². The highest BCUT2D eigenvalue weighted by molar-refractivity contribution is 5.81. The molecule has 2 heterocycles. The van der Waals surface area contributed by atoms with E-state index in [1.54, 1.807) is 0 Å². The predicted octanol–water partition coefficient (Wildman–Crippen LogP) is 3.69. The van der Waals surface area contributed by atoms with Gasteiger partial charge in [-0.1, -0.05) is 24.3 Å². The lowest BCUT2D eigenvalue weighted by Gasteiger charge is -2.10. The van der Waals surface area contributed by atoms with Crippen LogP contribution in [0.4, 0.5) is 5.95 Å². The van der Waals surface area contributed by atoms with Gasteiger partial charge in [-0.2, -0.15) is 0 Å². The zero-order valence-electron chi connectivity index (χ0n) is 12.1. The van der Waals surface area contributed by atoms with Gasteiger partial charge in [-0.25, -0.2) is 4.98 Å². The Morgan fingerprint density at radius 2 is 2.10 bits per heavy atom. The van der Waals surface area contributed by atoms with Crippen LogP contribution in [0.25, 0.3) is 10.9 Å². The van der Waals surface area contributed by atoms with Gasteiger partial charge in [0, 0.05) is 30.4 Å². The van der Waals surface area contributed by atoms with E-state index < -0.39 is 0 Å². The van der Waals surface area contributed by atoms with Crippen molar-refractivity contribution >= 4 is 16.9 Å². The lowest BCUT2D eigenvalue weighted by molar-refractivity contribution is 0.743. The SMILES string of the molecule is Cc1cn(C2CC2)c(NCc2cccc3cccnc23)n1. The summed E-state index contributed by atoms with van der Waals surface area (Å²) in [5.41, 5.74) is 3.34. The van der Waals surface area contributed by atoms with E-state index in [9.17, 15) is 0 Å². The Morgan fingerprint density at radius 3 is 2.95 bits per heavy atom. The van der Waals surface area contributed by atoms with Crippen LogP contribution in [0.2, 0.25) is 0 Å². The van der Waals surface area contributed by atoms with E-state index in [-0.39, 0.29) is 0 Å². The van der Waals surface area contributed by atoms with Crippen molar-refractivity contribution < 1.29 is 0 Å². The summed E-state index contributed by atoms with van der Waals surface area (Å²) in [6.45, 7) is 2.79. The van der Waals surface area contributed by atoms with Crippen LogP contribution in [0, 0.1) is 6.92 Å². The van der Waals surface area contributed by atoms with E-state index in [0.29, 0.717) is 6.04 Å². The Labute approximate surface area is 123 Å². The molecule has 21 heavy (non-hydrogen) atoms. The molecule has 1 aromatic carbocycles. The molecule has 0 amide bonds. The molecule has 4 nitrogen and oxygen atoms in total. The molecule has 1 saturated carbocycles. The first-order valence-corrected chi connectivity index (χ1v) is 7.43. The fraction of sp³-hybridized carbons (Fsp3) is 0.294. The quantitative estimate of drug-likeness (QED) is 0.791. The fourth-order valence-electron chi connectivity index (χ4n) is 2.76. The van der Waals surface area contributed by atoms with Crippen LogP contribution in [0.1, 0.15) is 30.1 Å². The molecule has 1 N–H and O–H groups in total. The Bertz CT molecular complexity index is 781. The third kappa shape index (κ3) is 2.37. The molecular weight excluding hydrogens is 260 g/mol. The number of hydrogen-bond donors (Lipinski definition) is 1. The maximum atomic E-state index is 4.60. The molecule has 0 spiro atoms. The van der Waals surface area contributed by atoms with E-state index in [2.05, 4.69) is 50.3 Å². The molecule has 4 rings (SSSR count). The van der Waals surface area contributed by atoms with Gasteiger partial charge in [0.2, 0.25) is 5.95 Å². The second-order valence-corrected chi connectivity index (χ2v) is 5.69. The minimum absolute atomic E-state index is 0.638. The first kappa shape index (κ1) is 12.4. The van der Waals surface area contributed by atoms with Crippen molar-refractivity contribution in [3.8, 4) is 0 Å². The number of hydrogen-bond acceptors (Lipinski definition) is 3. The molecule has 1 fully saturated rings. The second-order valence-electron chi connectivity index (χ2n) is 5.69. The number of benzene rings is 1. The Balaban J connectivity index is 1.61. The van der Waals surface area contributed by atoms with E-state index in [0.717, 1.165) is 23.7 Å². The van der Waals surface area contributed by atoms with Gasteiger partial charge in [-0.15, -0.1) is 0 Å². The summed E-state index contributed by atoms with van der Waals surface area (Å²) in [5.74, 6) is 0.975. The van der Waals surface area contributed by atoms with E-state index in [1.165, 1.54) is 23.8 Å². The highest BCUT2D eigenvalue weighted by Crippen LogP contribution is 2.37. The summed E-state index contributed by atoms with van der Waals surface area (Å²) in [6, 6.07) is 11.0. The lowest BCUT2D eigenvalue weighted by Crippen LogP contribution is -2.07. The van der Waals surface area contributed by atoms with Crippen molar-refractivity contribution in [1.29, 1.82) is 0 Å². The summed E-state index contributed by atoms with van der Waals surface area (Å²) in [5, 5.41) is 4.65. The maximum absolute atomic E-state index is 4.60. The third-order valence-corrected chi connectivity index (χ3v) is 3.95. The standard InChI is InChI=1S/C17H18N4/c1-12-11-21(15-7-8-15)17(20-12)19-10-14-5-2-4-13-6-3-9-18-16(13)14/h2-6,9,11,15H,7-8,10H2,1H3,(H,19,20). The van der Waals surface area contributed by atoms with Crippen LogP contribution in [-0.2, 0) is 6.54 Å². The van der Waals surface area contributed by atoms with E-state index in [4.69, 9.17) is 0 Å². The number of pyridine rings is 1. The molecule has 2 aromatic heterocycles. The highest BCUT2D eigenvalue weighted by atomic mass is 15.2. The van der Waals surface area contributed by atoms with Crippen LogP contribution >= 0.6 is 0 Å². The normalized spacial score (nSPS) is 14.5. The van der Waals surface area contributed by atoms with Gasteiger partial charge >= 0.3 is 0 Å². The van der Waals surface area contributed by atoms with Crippen molar-refractivity contribution in [3.63, 3.8) is 0 Å². The first-order valence-electron chi connectivity index (χ1n) is 7.43. The summed E-state index contributed by atoms with van der Waals surface area (Å²) in [6.07, 6.45) is 6.52. The number of aromatic nitrogens is 3. The third-order valence-electron chi connectivity index (χ3n) is 3.95. The van der Waals surface area contributed by atoms with Gasteiger partial charge in [-0.05, 0) is 31.4 Å². The summed E-state index contributed by atoms with van der Waals surface area (Å²) < 4.78 is 2.27. The van der Waals surface area contributed by atoms with Crippen LogP contribution < -0.4 is 5.32 Å².